The lowest BCUT2D eigenvalue weighted by Crippen LogP contribution is -2.43. The molecule has 0 spiro atoms. The van der Waals surface area contributed by atoms with Crippen LogP contribution in [0.1, 0.15) is 51.4 Å². The third-order valence-electron chi connectivity index (χ3n) is 4.91. The summed E-state index contributed by atoms with van der Waals surface area (Å²) in [5.74, 6) is 0.769. The second kappa shape index (κ2) is 7.21. The van der Waals surface area contributed by atoms with Gasteiger partial charge in [-0.05, 0) is 38.0 Å². The van der Waals surface area contributed by atoms with Crippen LogP contribution in [0.25, 0.3) is 0 Å². The van der Waals surface area contributed by atoms with E-state index in [1.165, 1.54) is 44.9 Å². The summed E-state index contributed by atoms with van der Waals surface area (Å²) < 4.78 is 11.6. The maximum Gasteiger partial charge on any atom is 0.0897 e. The molecule has 0 bridgehead atoms. The molecule has 2 saturated carbocycles. The Bertz CT molecular complexity index is 289. The Morgan fingerprint density at radius 3 is 2.65 bits per heavy atom. The largest absolute Gasteiger partial charge is 0.389 e. The fourth-order valence-corrected chi connectivity index (χ4v) is 3.54. The number of rotatable bonds is 7. The monoisotopic (exact) mass is 283 g/mol. The number of nitrogens with one attached hydrogen (secondary N) is 1. The molecule has 1 heterocycles. The summed E-state index contributed by atoms with van der Waals surface area (Å²) in [4.78, 5) is 0. The predicted molar refractivity (Wildman–Crippen MR) is 77.7 cm³/mol. The number of aliphatic hydroxyl groups excluding tert-OH is 1. The van der Waals surface area contributed by atoms with Crippen molar-refractivity contribution in [3.8, 4) is 0 Å². The first-order valence-corrected chi connectivity index (χ1v) is 8.47. The van der Waals surface area contributed by atoms with Crippen LogP contribution >= 0.6 is 0 Å². The van der Waals surface area contributed by atoms with Crippen LogP contribution in [0.5, 0.6) is 0 Å². The molecule has 2 N–H and O–H groups in total. The van der Waals surface area contributed by atoms with Gasteiger partial charge in [0.1, 0.15) is 0 Å². The van der Waals surface area contributed by atoms with Crippen molar-refractivity contribution >= 4 is 0 Å². The van der Waals surface area contributed by atoms with E-state index in [-0.39, 0.29) is 0 Å². The van der Waals surface area contributed by atoms with E-state index in [9.17, 15) is 5.11 Å². The van der Waals surface area contributed by atoms with E-state index in [4.69, 9.17) is 9.47 Å². The molecule has 4 nitrogen and oxygen atoms in total. The third kappa shape index (κ3) is 4.17. The van der Waals surface area contributed by atoms with E-state index in [1.54, 1.807) is 0 Å². The van der Waals surface area contributed by atoms with Crippen molar-refractivity contribution in [2.75, 3.05) is 19.8 Å². The van der Waals surface area contributed by atoms with Gasteiger partial charge in [0, 0.05) is 19.2 Å². The smallest absolute Gasteiger partial charge is 0.0897 e. The molecule has 1 saturated heterocycles. The molecule has 4 heteroatoms. The van der Waals surface area contributed by atoms with Gasteiger partial charge in [0.2, 0.25) is 0 Å². The molecule has 116 valence electrons. The van der Waals surface area contributed by atoms with E-state index in [0.717, 1.165) is 18.9 Å². The fraction of sp³-hybridized carbons (Fsp3) is 1.00. The van der Waals surface area contributed by atoms with Crippen molar-refractivity contribution < 1.29 is 14.6 Å². The van der Waals surface area contributed by atoms with Crippen molar-refractivity contribution in [2.24, 2.45) is 5.92 Å². The van der Waals surface area contributed by atoms with Gasteiger partial charge in [0.25, 0.3) is 0 Å². The number of aliphatic hydroxyl groups is 1. The first-order chi connectivity index (χ1) is 9.83. The van der Waals surface area contributed by atoms with Gasteiger partial charge in [0.15, 0.2) is 0 Å². The zero-order valence-corrected chi connectivity index (χ0v) is 12.4. The molecule has 0 radical (unpaired) electrons. The summed E-state index contributed by atoms with van der Waals surface area (Å²) in [6, 6.07) is 0.437. The molecule has 20 heavy (non-hydrogen) atoms. The van der Waals surface area contributed by atoms with E-state index in [2.05, 4.69) is 5.32 Å². The number of ether oxygens (including phenoxy) is 2. The molecular weight excluding hydrogens is 254 g/mol. The molecule has 3 unspecified atom stereocenters. The summed E-state index contributed by atoms with van der Waals surface area (Å²) in [6.07, 6.45) is 10.3. The molecule has 3 rings (SSSR count). The molecule has 0 amide bonds. The average Bonchev–Trinajstić information content (AvgIpc) is 3.22. The summed E-state index contributed by atoms with van der Waals surface area (Å²) in [7, 11) is 0. The van der Waals surface area contributed by atoms with Gasteiger partial charge >= 0.3 is 0 Å². The van der Waals surface area contributed by atoms with Crippen LogP contribution in [-0.2, 0) is 9.47 Å². The highest BCUT2D eigenvalue weighted by Gasteiger charge is 2.40. The van der Waals surface area contributed by atoms with Gasteiger partial charge in [-0.25, -0.2) is 0 Å². The molecule has 0 aromatic carbocycles. The van der Waals surface area contributed by atoms with Gasteiger partial charge in [0.05, 0.1) is 24.9 Å². The zero-order chi connectivity index (χ0) is 13.8. The molecule has 3 atom stereocenters. The first-order valence-electron chi connectivity index (χ1n) is 8.47. The van der Waals surface area contributed by atoms with Crippen molar-refractivity contribution in [1.29, 1.82) is 0 Å². The van der Waals surface area contributed by atoms with Gasteiger partial charge in [-0.3, -0.25) is 0 Å². The van der Waals surface area contributed by atoms with Crippen LogP contribution in [-0.4, -0.2) is 49.2 Å². The molecule has 1 aliphatic heterocycles. The van der Waals surface area contributed by atoms with Crippen LogP contribution in [0.4, 0.5) is 0 Å². The fourth-order valence-electron chi connectivity index (χ4n) is 3.54. The molecule has 0 aromatic rings. The highest BCUT2D eigenvalue weighted by atomic mass is 16.5. The van der Waals surface area contributed by atoms with Crippen molar-refractivity contribution in [2.45, 2.75) is 75.7 Å². The minimum Gasteiger partial charge on any atom is -0.389 e. The lowest BCUT2D eigenvalue weighted by Gasteiger charge is -2.25. The molecular formula is C16H29NO3. The predicted octanol–water partition coefficient (Wildman–Crippen LogP) is 1.85. The van der Waals surface area contributed by atoms with E-state index < -0.39 is 6.10 Å². The number of hydrogen-bond donors (Lipinski definition) is 2. The maximum atomic E-state index is 10.1. The summed E-state index contributed by atoms with van der Waals surface area (Å²) in [5, 5.41) is 13.5. The Balaban J connectivity index is 1.31. The second-order valence-corrected chi connectivity index (χ2v) is 6.72. The topological polar surface area (TPSA) is 50.7 Å². The van der Waals surface area contributed by atoms with E-state index >= 15 is 0 Å². The van der Waals surface area contributed by atoms with Crippen LogP contribution in [0.2, 0.25) is 0 Å². The standard InChI is InChI=1S/C16H29NO3/c18-13(11-20-14-4-2-1-3-5-14)10-17-15-8-9-19-16(15)12-6-7-12/h12-18H,1-11H2. The maximum absolute atomic E-state index is 10.1. The zero-order valence-electron chi connectivity index (χ0n) is 12.4. The average molecular weight is 283 g/mol. The highest BCUT2D eigenvalue weighted by Crippen LogP contribution is 2.38. The third-order valence-corrected chi connectivity index (χ3v) is 4.91. The molecule has 2 aliphatic carbocycles. The SMILES string of the molecule is OC(CNC1CCOC1C1CC1)COC1CCCCC1. The van der Waals surface area contributed by atoms with Crippen molar-refractivity contribution in [3.05, 3.63) is 0 Å². The van der Waals surface area contributed by atoms with Gasteiger partial charge in [-0.2, -0.15) is 0 Å². The van der Waals surface area contributed by atoms with Crippen LogP contribution in [0.3, 0.4) is 0 Å². The van der Waals surface area contributed by atoms with Crippen LogP contribution in [0, 0.1) is 5.92 Å². The quantitative estimate of drug-likeness (QED) is 0.749. The van der Waals surface area contributed by atoms with E-state index in [1.807, 2.05) is 0 Å². The Morgan fingerprint density at radius 1 is 1.10 bits per heavy atom. The highest BCUT2D eigenvalue weighted by molar-refractivity contribution is 4.93. The van der Waals surface area contributed by atoms with E-state index in [0.29, 0.717) is 31.4 Å². The van der Waals surface area contributed by atoms with Crippen LogP contribution in [0.15, 0.2) is 0 Å². The minimum absolute atomic E-state index is 0.382. The van der Waals surface area contributed by atoms with Gasteiger partial charge < -0.3 is 19.9 Å². The Morgan fingerprint density at radius 2 is 1.90 bits per heavy atom. The number of hydrogen-bond acceptors (Lipinski definition) is 4. The summed E-state index contributed by atoms with van der Waals surface area (Å²) in [5.41, 5.74) is 0. The lowest BCUT2D eigenvalue weighted by molar-refractivity contribution is -0.0245. The Labute approximate surface area is 122 Å². The van der Waals surface area contributed by atoms with Crippen molar-refractivity contribution in [3.63, 3.8) is 0 Å². The molecule has 0 aromatic heterocycles. The molecule has 3 fully saturated rings. The normalized spacial score (nSPS) is 33.5. The molecule has 3 aliphatic rings. The summed E-state index contributed by atoms with van der Waals surface area (Å²) in [6.45, 7) is 1.97. The second-order valence-electron chi connectivity index (χ2n) is 6.72. The van der Waals surface area contributed by atoms with Crippen LogP contribution < -0.4 is 5.32 Å². The lowest BCUT2D eigenvalue weighted by atomic mass is 9.98. The Kier molecular flexibility index (Phi) is 5.32. The Hall–Kier alpha value is -0.160. The van der Waals surface area contributed by atoms with Gasteiger partial charge in [-0.1, -0.05) is 19.3 Å². The minimum atomic E-state index is -0.391. The van der Waals surface area contributed by atoms with Crippen molar-refractivity contribution in [1.82, 2.24) is 5.32 Å². The van der Waals surface area contributed by atoms with Gasteiger partial charge in [-0.15, -0.1) is 0 Å². The first kappa shape index (κ1) is 14.8. The summed E-state index contributed by atoms with van der Waals surface area (Å²) >= 11 is 0.